The molecule has 0 spiro atoms. The molecular formula is C10H14O5. The van der Waals surface area contributed by atoms with Crippen LogP contribution in [0.15, 0.2) is 12.2 Å². The summed E-state index contributed by atoms with van der Waals surface area (Å²) in [7, 11) is 0. The molecule has 0 fully saturated rings. The van der Waals surface area contributed by atoms with Gasteiger partial charge in [0, 0.05) is 12.2 Å². The third-order valence-corrected chi connectivity index (χ3v) is 1.70. The summed E-state index contributed by atoms with van der Waals surface area (Å²) in [5.41, 5.74) is 0. The monoisotopic (exact) mass is 214 g/mol. The molecular weight excluding hydrogens is 200 g/mol. The number of hydrogen-bond acceptors (Lipinski definition) is 5. The van der Waals surface area contributed by atoms with Crippen molar-refractivity contribution in [2.45, 2.75) is 26.1 Å². The van der Waals surface area contributed by atoms with Crippen LogP contribution in [0.4, 0.5) is 0 Å². The van der Waals surface area contributed by atoms with Crippen molar-refractivity contribution in [3.05, 3.63) is 12.2 Å². The van der Waals surface area contributed by atoms with Gasteiger partial charge in [0.25, 0.3) is 0 Å². The Bertz CT molecular complexity index is 245. The van der Waals surface area contributed by atoms with Gasteiger partial charge in [-0.3, -0.25) is 0 Å². The van der Waals surface area contributed by atoms with Gasteiger partial charge in [-0.2, -0.15) is 0 Å². The summed E-state index contributed by atoms with van der Waals surface area (Å²) in [4.78, 5) is 22.2. The molecule has 2 atom stereocenters. The van der Waals surface area contributed by atoms with Crippen LogP contribution in [-0.4, -0.2) is 37.4 Å². The predicted octanol–water partition coefficient (Wildman–Crippen LogP) is 0.436. The molecule has 1 aliphatic heterocycles. The first-order valence-corrected chi connectivity index (χ1v) is 4.75. The molecule has 0 aromatic rings. The highest BCUT2D eigenvalue weighted by atomic mass is 16.6. The zero-order valence-electron chi connectivity index (χ0n) is 8.76. The van der Waals surface area contributed by atoms with E-state index in [-0.39, 0.29) is 12.2 Å². The van der Waals surface area contributed by atoms with E-state index in [1.54, 1.807) is 13.8 Å². The molecule has 5 heteroatoms. The fraction of sp³-hybridized carbons (Fsp3) is 0.600. The Hall–Kier alpha value is -1.36. The molecule has 0 saturated heterocycles. The van der Waals surface area contributed by atoms with Crippen LogP contribution in [0.2, 0.25) is 0 Å². The van der Waals surface area contributed by atoms with Crippen LogP contribution in [0.1, 0.15) is 13.8 Å². The van der Waals surface area contributed by atoms with Gasteiger partial charge < -0.3 is 14.2 Å². The maximum Gasteiger partial charge on any atom is 0.331 e. The smallest absolute Gasteiger partial charge is 0.331 e. The number of ether oxygens (including phenoxy) is 3. The van der Waals surface area contributed by atoms with E-state index in [1.165, 1.54) is 0 Å². The fourth-order valence-electron chi connectivity index (χ4n) is 1.08. The van der Waals surface area contributed by atoms with Gasteiger partial charge in [-0.25, -0.2) is 9.59 Å². The molecule has 1 aliphatic rings. The first-order valence-electron chi connectivity index (χ1n) is 4.75. The highest BCUT2D eigenvalue weighted by Crippen LogP contribution is 2.00. The van der Waals surface area contributed by atoms with Gasteiger partial charge >= 0.3 is 11.9 Å². The molecule has 2 unspecified atom stereocenters. The van der Waals surface area contributed by atoms with E-state index in [0.717, 1.165) is 12.2 Å². The summed E-state index contributed by atoms with van der Waals surface area (Å²) in [5, 5.41) is 0. The Kier molecular flexibility index (Phi) is 4.30. The molecule has 0 radical (unpaired) electrons. The largest absolute Gasteiger partial charge is 0.457 e. The van der Waals surface area contributed by atoms with Gasteiger partial charge in [0.1, 0.15) is 12.2 Å². The lowest BCUT2D eigenvalue weighted by Gasteiger charge is -2.14. The van der Waals surface area contributed by atoms with E-state index in [0.29, 0.717) is 13.2 Å². The van der Waals surface area contributed by atoms with Crippen LogP contribution in [0.5, 0.6) is 0 Å². The number of rotatable bonds is 0. The molecule has 0 saturated carbocycles. The number of esters is 2. The summed E-state index contributed by atoms with van der Waals surface area (Å²) in [6, 6.07) is 0. The van der Waals surface area contributed by atoms with E-state index in [4.69, 9.17) is 14.2 Å². The fourth-order valence-corrected chi connectivity index (χ4v) is 1.08. The van der Waals surface area contributed by atoms with Crippen molar-refractivity contribution >= 4 is 11.9 Å². The number of carbonyl (C=O) groups is 2. The normalized spacial score (nSPS) is 28.9. The van der Waals surface area contributed by atoms with Crippen LogP contribution in [0, 0.1) is 0 Å². The van der Waals surface area contributed by atoms with Crippen molar-refractivity contribution in [1.29, 1.82) is 0 Å². The van der Waals surface area contributed by atoms with Crippen LogP contribution >= 0.6 is 0 Å². The van der Waals surface area contributed by atoms with Gasteiger partial charge in [0.2, 0.25) is 0 Å². The SMILES string of the molecule is CC1COCC(C)OC(=O)C=CC(=O)O1. The standard InChI is InChI=1S/C10H14O5/c1-7-5-13-6-8(2)15-10(12)4-3-9(11)14-7/h3-4,7-8H,5-6H2,1-2H3. The van der Waals surface area contributed by atoms with Crippen LogP contribution in [0.25, 0.3) is 0 Å². The first kappa shape index (κ1) is 11.7. The van der Waals surface area contributed by atoms with E-state index in [9.17, 15) is 9.59 Å². The van der Waals surface area contributed by atoms with E-state index in [1.807, 2.05) is 0 Å². The zero-order valence-corrected chi connectivity index (χ0v) is 8.76. The summed E-state index contributed by atoms with van der Waals surface area (Å²) in [6.45, 7) is 4.02. The van der Waals surface area contributed by atoms with Crippen LogP contribution in [-0.2, 0) is 23.8 Å². The van der Waals surface area contributed by atoms with Crippen LogP contribution in [0.3, 0.4) is 0 Å². The lowest BCUT2D eigenvalue weighted by atomic mass is 10.4. The minimum Gasteiger partial charge on any atom is -0.457 e. The third kappa shape index (κ3) is 4.60. The second-order valence-corrected chi connectivity index (χ2v) is 3.37. The lowest BCUT2D eigenvalue weighted by Crippen LogP contribution is -2.23. The minimum atomic E-state index is -0.572. The second-order valence-electron chi connectivity index (χ2n) is 3.37. The van der Waals surface area contributed by atoms with Crippen molar-refractivity contribution in [2.24, 2.45) is 0 Å². The Labute approximate surface area is 88.0 Å². The second kappa shape index (κ2) is 5.50. The molecule has 0 aromatic carbocycles. The number of cyclic esters (lactones) is 2. The highest BCUT2D eigenvalue weighted by molar-refractivity contribution is 5.91. The molecule has 1 rings (SSSR count). The third-order valence-electron chi connectivity index (χ3n) is 1.70. The summed E-state index contributed by atoms with van der Waals surface area (Å²) >= 11 is 0. The van der Waals surface area contributed by atoms with Gasteiger partial charge in [0.15, 0.2) is 0 Å². The van der Waals surface area contributed by atoms with E-state index in [2.05, 4.69) is 0 Å². The van der Waals surface area contributed by atoms with E-state index < -0.39 is 11.9 Å². The Balaban J connectivity index is 2.63. The van der Waals surface area contributed by atoms with Gasteiger partial charge in [-0.15, -0.1) is 0 Å². The minimum absolute atomic E-state index is 0.293. The van der Waals surface area contributed by atoms with Crippen molar-refractivity contribution in [2.75, 3.05) is 13.2 Å². The van der Waals surface area contributed by atoms with Crippen molar-refractivity contribution in [3.8, 4) is 0 Å². The molecule has 0 N–H and O–H groups in total. The van der Waals surface area contributed by atoms with Gasteiger partial charge in [0.05, 0.1) is 13.2 Å². The average molecular weight is 214 g/mol. The van der Waals surface area contributed by atoms with Gasteiger partial charge in [-0.1, -0.05) is 0 Å². The van der Waals surface area contributed by atoms with Crippen LogP contribution < -0.4 is 0 Å². The number of carbonyl (C=O) groups excluding carboxylic acids is 2. The van der Waals surface area contributed by atoms with E-state index >= 15 is 0 Å². The molecule has 0 amide bonds. The molecule has 0 aliphatic carbocycles. The topological polar surface area (TPSA) is 61.8 Å². The Morgan fingerprint density at radius 2 is 1.40 bits per heavy atom. The van der Waals surface area contributed by atoms with Crippen molar-refractivity contribution < 1.29 is 23.8 Å². The highest BCUT2D eigenvalue weighted by Gasteiger charge is 2.13. The Morgan fingerprint density at radius 3 is 1.80 bits per heavy atom. The predicted molar refractivity (Wildman–Crippen MR) is 51.1 cm³/mol. The molecule has 5 nitrogen and oxygen atoms in total. The quantitative estimate of drug-likeness (QED) is 0.547. The summed E-state index contributed by atoms with van der Waals surface area (Å²) < 4.78 is 15.0. The molecule has 15 heavy (non-hydrogen) atoms. The summed E-state index contributed by atoms with van der Waals surface area (Å²) in [6.07, 6.45) is 1.44. The maximum atomic E-state index is 11.1. The van der Waals surface area contributed by atoms with Gasteiger partial charge in [-0.05, 0) is 13.8 Å². The van der Waals surface area contributed by atoms with Crippen molar-refractivity contribution in [3.63, 3.8) is 0 Å². The first-order chi connectivity index (χ1) is 7.08. The molecule has 0 bridgehead atoms. The average Bonchev–Trinajstić information content (AvgIpc) is 2.15. The number of hydrogen-bond donors (Lipinski definition) is 0. The van der Waals surface area contributed by atoms with Crippen molar-refractivity contribution in [1.82, 2.24) is 0 Å². The Morgan fingerprint density at radius 1 is 1.00 bits per heavy atom. The zero-order chi connectivity index (χ0) is 11.3. The molecule has 0 aromatic heterocycles. The molecule has 1 heterocycles. The maximum absolute atomic E-state index is 11.1. The molecule has 84 valence electrons. The lowest BCUT2D eigenvalue weighted by molar-refractivity contribution is -0.146. The summed E-state index contributed by atoms with van der Waals surface area (Å²) in [5.74, 6) is -1.14.